The van der Waals surface area contributed by atoms with Crippen molar-refractivity contribution in [3.63, 3.8) is 0 Å². The number of thiol groups is 1. The fourth-order valence-corrected chi connectivity index (χ4v) is 5.11. The molecule has 0 aliphatic carbocycles. The number of carbonyl (C=O) groups excluding carboxylic acids is 2. The summed E-state index contributed by atoms with van der Waals surface area (Å²) < 4.78 is 45.5. The number of hydrogen-bond donors (Lipinski definition) is 6. The van der Waals surface area contributed by atoms with Gasteiger partial charge in [-0.25, -0.2) is 9.19 Å². The molecule has 0 aromatic carbocycles. The summed E-state index contributed by atoms with van der Waals surface area (Å²) >= 11 is 4.51. The minimum Gasteiger partial charge on any atom is -0.477 e. The number of carboxylic acids is 1. The first-order valence-corrected chi connectivity index (χ1v) is 11.3. The Hall–Kier alpha value is -3.19. The number of fused-ring (bicyclic) bond motifs is 1. The first-order chi connectivity index (χ1) is 16.4. The number of thioether (sulfide) groups is 1. The number of nitrogens with one attached hydrogen (secondary N) is 2. The molecule has 0 saturated carbocycles. The van der Waals surface area contributed by atoms with Crippen molar-refractivity contribution >= 4 is 75.5 Å². The number of oxime groups is 1. The maximum absolute atomic E-state index is 12.9. The molecule has 6 N–H and O–H groups in total. The van der Waals surface area contributed by atoms with Crippen LogP contribution in [-0.4, -0.2) is 77.6 Å². The number of aromatic nitrogens is 2. The molecule has 1 aromatic rings. The number of amides is 2. The van der Waals surface area contributed by atoms with E-state index < -0.39 is 58.1 Å². The van der Waals surface area contributed by atoms with Crippen LogP contribution in [0.4, 0.5) is 18.3 Å². The van der Waals surface area contributed by atoms with E-state index in [4.69, 9.17) is 16.4 Å². The summed E-state index contributed by atoms with van der Waals surface area (Å²) in [4.78, 5) is 41.5. The number of hydrogen-bond acceptors (Lipinski definition) is 13. The van der Waals surface area contributed by atoms with Crippen LogP contribution >= 0.6 is 36.1 Å². The molecule has 1 fully saturated rings. The maximum atomic E-state index is 12.9. The first-order valence-electron chi connectivity index (χ1n) is 9.36. The molecule has 0 unspecified atom stereocenters. The van der Waals surface area contributed by atoms with Crippen molar-refractivity contribution in [2.24, 2.45) is 15.5 Å². The van der Waals surface area contributed by atoms with Gasteiger partial charge in [0.15, 0.2) is 10.8 Å². The Morgan fingerprint density at radius 3 is 2.63 bits per heavy atom. The highest BCUT2D eigenvalue weighted by atomic mass is 32.2. The lowest BCUT2D eigenvalue weighted by Crippen LogP contribution is -2.65. The van der Waals surface area contributed by atoms with Crippen molar-refractivity contribution in [1.29, 1.82) is 5.41 Å². The standard InChI is InChI=1S/C16H15F3N8O5S3/c17-16(18,19)9(20)12(25-33)34-6-2-1-5-4(13(29)27(5)8(6)14(30)31)3-22-11(28)7(24-32)10-23-15(21)35-26-10/h4-5,20,32-33H,1-3H2,(H,22,28)(H,30,31)(H2,21,23,26)/b20-9?,24-7-,25-12+/t4-,5+/m0/s1. The minimum atomic E-state index is -5.03. The number of aliphatic carboxylic acids is 1. The maximum Gasteiger partial charge on any atom is 0.435 e. The van der Waals surface area contributed by atoms with E-state index in [0.29, 0.717) is 11.8 Å². The van der Waals surface area contributed by atoms with Crippen LogP contribution in [0.1, 0.15) is 18.7 Å². The van der Waals surface area contributed by atoms with Gasteiger partial charge in [-0.05, 0) is 25.7 Å². The van der Waals surface area contributed by atoms with Crippen LogP contribution in [0, 0.1) is 11.3 Å². The molecular formula is C16H15F3N8O5S3. The molecule has 2 aliphatic rings. The third kappa shape index (κ3) is 5.25. The van der Waals surface area contributed by atoms with Crippen LogP contribution in [0.15, 0.2) is 20.2 Å². The number of carboxylic acid groups (broad SMARTS) is 1. The summed E-state index contributed by atoms with van der Waals surface area (Å²) in [6.45, 7) is -0.241. The lowest BCUT2D eigenvalue weighted by atomic mass is 9.81. The van der Waals surface area contributed by atoms with Crippen LogP contribution in [0.25, 0.3) is 0 Å². The van der Waals surface area contributed by atoms with Crippen LogP contribution < -0.4 is 11.1 Å². The van der Waals surface area contributed by atoms with Crippen molar-refractivity contribution in [2.45, 2.75) is 25.1 Å². The lowest BCUT2D eigenvalue weighted by Gasteiger charge is -2.50. The van der Waals surface area contributed by atoms with Crippen LogP contribution in [0.3, 0.4) is 0 Å². The van der Waals surface area contributed by atoms with Gasteiger partial charge in [-0.15, -0.1) is 0 Å². The average Bonchev–Trinajstić information content (AvgIpc) is 3.21. The molecule has 1 saturated heterocycles. The summed E-state index contributed by atoms with van der Waals surface area (Å²) in [5.41, 5.74) is 2.57. The second-order valence-electron chi connectivity index (χ2n) is 6.99. The van der Waals surface area contributed by atoms with Crippen LogP contribution in [0.5, 0.6) is 0 Å². The van der Waals surface area contributed by atoms with Crippen molar-refractivity contribution in [3.05, 3.63) is 16.4 Å². The van der Waals surface area contributed by atoms with E-state index in [2.05, 4.69) is 37.0 Å². The van der Waals surface area contributed by atoms with Crippen LogP contribution in [0.2, 0.25) is 0 Å². The number of nitrogens with zero attached hydrogens (tertiary/aromatic N) is 5. The summed E-state index contributed by atoms with van der Waals surface area (Å²) in [7, 11) is 0. The zero-order chi connectivity index (χ0) is 26.1. The Labute approximate surface area is 207 Å². The van der Waals surface area contributed by atoms with Gasteiger partial charge in [0.05, 0.1) is 12.0 Å². The van der Waals surface area contributed by atoms with Gasteiger partial charge in [0, 0.05) is 23.0 Å². The molecule has 3 rings (SSSR count). The first kappa shape index (κ1) is 26.4. The molecule has 2 amide bonds. The Kier molecular flexibility index (Phi) is 7.70. The summed E-state index contributed by atoms with van der Waals surface area (Å²) in [6.07, 6.45) is -4.87. The molecule has 1 aromatic heterocycles. The normalized spacial score (nSPS) is 20.9. The average molecular weight is 553 g/mol. The highest BCUT2D eigenvalue weighted by Crippen LogP contribution is 2.44. The monoisotopic (exact) mass is 552 g/mol. The summed E-state index contributed by atoms with van der Waals surface area (Å²) in [5.74, 6) is -4.19. The quantitative estimate of drug-likeness (QED) is 0.0708. The SMILES string of the molecule is N=C(/C(=N\S)SC1=C(C(=O)O)N2C(=O)[C@@H](CNC(=O)/C(=N\O)c3nsc(N)n3)[C@H]2CC1)C(F)(F)F. The number of halogens is 3. The molecule has 19 heteroatoms. The molecule has 2 atom stereocenters. The largest absolute Gasteiger partial charge is 0.477 e. The number of anilines is 1. The van der Waals surface area contributed by atoms with E-state index in [9.17, 15) is 32.7 Å². The second kappa shape index (κ2) is 10.2. The number of allylic oxidation sites excluding steroid dienone is 1. The van der Waals surface area contributed by atoms with E-state index in [1.54, 1.807) is 0 Å². The zero-order valence-electron chi connectivity index (χ0n) is 17.1. The van der Waals surface area contributed by atoms with Gasteiger partial charge in [-0.3, -0.25) is 15.0 Å². The third-order valence-corrected chi connectivity index (χ3v) is 7.00. The smallest absolute Gasteiger partial charge is 0.435 e. The molecule has 35 heavy (non-hydrogen) atoms. The Balaban J connectivity index is 1.73. The summed E-state index contributed by atoms with van der Waals surface area (Å²) in [6, 6.07) is -0.653. The predicted molar refractivity (Wildman–Crippen MR) is 121 cm³/mol. The highest BCUT2D eigenvalue weighted by Gasteiger charge is 2.53. The molecular weight excluding hydrogens is 537 g/mol. The number of carbonyl (C=O) groups is 3. The van der Waals surface area contributed by atoms with Gasteiger partial charge in [0.25, 0.3) is 5.91 Å². The number of β-lactam (4-membered cyclic amide) rings is 1. The van der Waals surface area contributed by atoms with Gasteiger partial charge in [0.2, 0.25) is 17.4 Å². The van der Waals surface area contributed by atoms with E-state index >= 15 is 0 Å². The van der Waals surface area contributed by atoms with Gasteiger partial charge >= 0.3 is 12.1 Å². The Morgan fingerprint density at radius 2 is 2.11 bits per heavy atom. The fourth-order valence-electron chi connectivity index (χ4n) is 3.46. The Morgan fingerprint density at radius 1 is 1.43 bits per heavy atom. The number of alkyl halides is 3. The molecule has 188 valence electrons. The van der Waals surface area contributed by atoms with Crippen molar-refractivity contribution in [2.75, 3.05) is 12.3 Å². The molecule has 0 spiro atoms. The van der Waals surface area contributed by atoms with Crippen molar-refractivity contribution in [1.82, 2.24) is 19.6 Å². The summed E-state index contributed by atoms with van der Waals surface area (Å²) in [5, 5.41) is 30.3. The van der Waals surface area contributed by atoms with Crippen LogP contribution in [-0.2, 0) is 14.4 Å². The third-order valence-electron chi connectivity index (χ3n) is 4.98. The lowest BCUT2D eigenvalue weighted by molar-refractivity contribution is -0.158. The number of nitrogens with two attached hydrogens (primary N) is 1. The fraction of sp³-hybridized carbons (Fsp3) is 0.375. The molecule has 2 aliphatic heterocycles. The highest BCUT2D eigenvalue weighted by molar-refractivity contribution is 8.19. The van der Waals surface area contributed by atoms with E-state index in [0.717, 1.165) is 16.4 Å². The van der Waals surface area contributed by atoms with E-state index in [1.807, 2.05) is 0 Å². The van der Waals surface area contributed by atoms with E-state index in [-0.39, 0.29) is 35.2 Å². The zero-order valence-corrected chi connectivity index (χ0v) is 19.6. The topological polar surface area (TPSA) is 207 Å². The van der Waals surface area contributed by atoms with Gasteiger partial charge in [-0.1, -0.05) is 16.9 Å². The molecule has 3 heterocycles. The van der Waals surface area contributed by atoms with Crippen molar-refractivity contribution in [3.8, 4) is 0 Å². The minimum absolute atomic E-state index is 0.0193. The van der Waals surface area contributed by atoms with Gasteiger partial charge < -0.3 is 26.3 Å². The van der Waals surface area contributed by atoms with Crippen molar-refractivity contribution < 1.29 is 37.9 Å². The molecule has 0 bridgehead atoms. The predicted octanol–water partition coefficient (Wildman–Crippen LogP) is 0.890. The van der Waals surface area contributed by atoms with E-state index in [1.165, 1.54) is 0 Å². The second-order valence-corrected chi connectivity index (χ2v) is 9.06. The van der Waals surface area contributed by atoms with Gasteiger partial charge in [-0.2, -0.15) is 22.5 Å². The number of rotatable bonds is 7. The number of nitrogen functional groups attached to an aromatic ring is 1. The molecule has 13 nitrogen and oxygen atoms in total. The van der Waals surface area contributed by atoms with Gasteiger partial charge in [0.1, 0.15) is 10.7 Å². The Bertz CT molecular complexity index is 1180. The molecule has 0 radical (unpaired) electrons.